The molecule has 0 saturated heterocycles. The van der Waals surface area contributed by atoms with Gasteiger partial charge in [-0.2, -0.15) is 0 Å². The molecule has 3 heteroatoms. The van der Waals surface area contributed by atoms with E-state index in [-0.39, 0.29) is 0 Å². The molecule has 0 saturated carbocycles. The molecule has 0 atom stereocenters. The van der Waals surface area contributed by atoms with Crippen molar-refractivity contribution in [3.8, 4) is 22.4 Å². The molecule has 3 heterocycles. The molecule has 210 valence electrons. The van der Waals surface area contributed by atoms with Gasteiger partial charge in [0.1, 0.15) is 0 Å². The molecule has 5 aromatic carbocycles. The highest BCUT2D eigenvalue weighted by Gasteiger charge is 2.13. The maximum Gasteiger partial charge on any atom is 0.0880 e. The summed E-state index contributed by atoms with van der Waals surface area (Å²) in [6.07, 6.45) is 8.63. The summed E-state index contributed by atoms with van der Waals surface area (Å²) in [4.78, 5) is 4.86. The first-order chi connectivity index (χ1) is 21.8. The Hall–Kier alpha value is -5.25. The Kier molecular flexibility index (Phi) is 6.66. The zero-order valence-corrected chi connectivity index (χ0v) is 25.3. The Morgan fingerprint density at radius 1 is 0.659 bits per heavy atom. The van der Waals surface area contributed by atoms with Crippen molar-refractivity contribution in [1.82, 2.24) is 9.55 Å². The summed E-state index contributed by atoms with van der Waals surface area (Å²) in [5.74, 6) is 0. The van der Waals surface area contributed by atoms with E-state index in [2.05, 4.69) is 157 Å². The lowest BCUT2D eigenvalue weighted by molar-refractivity contribution is 0.900. The summed E-state index contributed by atoms with van der Waals surface area (Å²) in [6.45, 7) is 2.88. The van der Waals surface area contributed by atoms with Gasteiger partial charge in [0.25, 0.3) is 0 Å². The van der Waals surface area contributed by atoms with E-state index >= 15 is 0 Å². The van der Waals surface area contributed by atoms with Crippen molar-refractivity contribution in [2.75, 3.05) is 0 Å². The van der Waals surface area contributed by atoms with E-state index in [1.165, 1.54) is 64.2 Å². The highest BCUT2D eigenvalue weighted by Crippen LogP contribution is 2.39. The molecular weight excluding hydrogens is 553 g/mol. The summed E-state index contributed by atoms with van der Waals surface area (Å²) in [6, 6.07) is 45.9. The van der Waals surface area contributed by atoms with Gasteiger partial charge < -0.3 is 4.57 Å². The van der Waals surface area contributed by atoms with Crippen molar-refractivity contribution in [1.29, 1.82) is 0 Å². The Morgan fingerprint density at radius 2 is 1.32 bits per heavy atom. The zero-order valence-electron chi connectivity index (χ0n) is 24.4. The smallest absolute Gasteiger partial charge is 0.0880 e. The average molecular weight is 583 g/mol. The Labute approximate surface area is 260 Å². The second-order valence-electron chi connectivity index (χ2n) is 11.1. The van der Waals surface area contributed by atoms with Crippen molar-refractivity contribution >= 4 is 58.9 Å². The number of aromatic nitrogens is 2. The van der Waals surface area contributed by atoms with E-state index in [1.807, 2.05) is 17.5 Å². The molecule has 8 rings (SSSR count). The molecule has 0 fully saturated rings. The number of pyridine rings is 1. The SMILES string of the molecule is C/C=C\C(=C/Cn1c2ccccc2c2ccccc21)c1cccc(-c2cccc(-c3nccc4c3sc3ccccc34)c2)c1. The van der Waals surface area contributed by atoms with Gasteiger partial charge in [0, 0.05) is 55.6 Å². The number of benzene rings is 5. The Bertz CT molecular complexity index is 2330. The lowest BCUT2D eigenvalue weighted by Crippen LogP contribution is -1.96. The predicted molar refractivity (Wildman–Crippen MR) is 190 cm³/mol. The minimum Gasteiger partial charge on any atom is -0.337 e. The van der Waals surface area contributed by atoms with Gasteiger partial charge in [-0.1, -0.05) is 109 Å². The van der Waals surface area contributed by atoms with Gasteiger partial charge in [-0.3, -0.25) is 4.98 Å². The van der Waals surface area contributed by atoms with Crippen LogP contribution in [0.5, 0.6) is 0 Å². The highest BCUT2D eigenvalue weighted by molar-refractivity contribution is 7.26. The largest absolute Gasteiger partial charge is 0.337 e. The monoisotopic (exact) mass is 582 g/mol. The van der Waals surface area contributed by atoms with Crippen LogP contribution in [-0.4, -0.2) is 9.55 Å². The highest BCUT2D eigenvalue weighted by atomic mass is 32.1. The molecule has 2 nitrogen and oxygen atoms in total. The Balaban J connectivity index is 1.17. The molecule has 0 N–H and O–H groups in total. The molecule has 44 heavy (non-hydrogen) atoms. The number of hydrogen-bond donors (Lipinski definition) is 0. The first-order valence-electron chi connectivity index (χ1n) is 15.0. The molecule has 0 amide bonds. The van der Waals surface area contributed by atoms with Gasteiger partial charge in [0.05, 0.1) is 10.4 Å². The third-order valence-electron chi connectivity index (χ3n) is 8.48. The molecule has 0 aliphatic carbocycles. The molecular formula is C41H30N2S. The maximum atomic E-state index is 4.86. The van der Waals surface area contributed by atoms with Crippen molar-refractivity contribution in [2.24, 2.45) is 0 Å². The van der Waals surface area contributed by atoms with Crippen LogP contribution in [0, 0.1) is 0 Å². The van der Waals surface area contributed by atoms with Gasteiger partial charge in [0.15, 0.2) is 0 Å². The number of hydrogen-bond acceptors (Lipinski definition) is 2. The van der Waals surface area contributed by atoms with Crippen LogP contribution in [-0.2, 0) is 6.54 Å². The van der Waals surface area contributed by atoms with Crippen LogP contribution < -0.4 is 0 Å². The zero-order chi connectivity index (χ0) is 29.5. The summed E-state index contributed by atoms with van der Waals surface area (Å²) in [5.41, 5.74) is 9.51. The summed E-state index contributed by atoms with van der Waals surface area (Å²) >= 11 is 1.82. The third kappa shape index (κ3) is 4.54. The van der Waals surface area contributed by atoms with Gasteiger partial charge >= 0.3 is 0 Å². The van der Waals surface area contributed by atoms with E-state index in [4.69, 9.17) is 4.98 Å². The van der Waals surface area contributed by atoms with Crippen LogP contribution in [0.4, 0.5) is 0 Å². The fourth-order valence-electron chi connectivity index (χ4n) is 6.43. The van der Waals surface area contributed by atoms with E-state index < -0.39 is 0 Å². The van der Waals surface area contributed by atoms with Gasteiger partial charge in [0.2, 0.25) is 0 Å². The summed E-state index contributed by atoms with van der Waals surface area (Å²) in [5, 5.41) is 5.16. The molecule has 0 aliphatic heterocycles. The van der Waals surface area contributed by atoms with E-state index in [1.54, 1.807) is 0 Å². The van der Waals surface area contributed by atoms with Crippen molar-refractivity contribution in [2.45, 2.75) is 13.5 Å². The van der Waals surface area contributed by atoms with E-state index in [0.29, 0.717) is 0 Å². The number of thiophene rings is 1. The second kappa shape index (κ2) is 11.1. The minimum absolute atomic E-state index is 0.790. The fourth-order valence-corrected chi connectivity index (χ4v) is 7.64. The number of fused-ring (bicyclic) bond motifs is 6. The fraction of sp³-hybridized carbons (Fsp3) is 0.0488. The molecule has 0 aliphatic rings. The van der Waals surface area contributed by atoms with Crippen molar-refractivity contribution in [3.05, 3.63) is 157 Å². The van der Waals surface area contributed by atoms with Crippen LogP contribution in [0.2, 0.25) is 0 Å². The number of allylic oxidation sites excluding steroid dienone is 4. The minimum atomic E-state index is 0.790. The Morgan fingerprint density at radius 3 is 2.09 bits per heavy atom. The van der Waals surface area contributed by atoms with Crippen LogP contribution in [0.15, 0.2) is 152 Å². The number of nitrogens with zero attached hydrogens (tertiary/aromatic N) is 2. The molecule has 8 aromatic rings. The summed E-state index contributed by atoms with van der Waals surface area (Å²) < 4.78 is 4.95. The van der Waals surface area contributed by atoms with Crippen LogP contribution in [0.25, 0.3) is 69.9 Å². The topological polar surface area (TPSA) is 17.8 Å². The van der Waals surface area contributed by atoms with Gasteiger partial charge in [-0.05, 0) is 65.6 Å². The van der Waals surface area contributed by atoms with Gasteiger partial charge in [-0.15, -0.1) is 11.3 Å². The molecule has 0 spiro atoms. The lowest BCUT2D eigenvalue weighted by Gasteiger charge is -2.10. The maximum absolute atomic E-state index is 4.86. The standard InChI is InChI=1S/C41H30N2S/c1-2-11-28(23-25-43-37-19-6-3-16-33(37)34-17-4-7-20-38(34)43)29-12-9-13-30(26-29)31-14-10-15-32(27-31)40-41-36(22-24-42-40)35-18-5-8-21-39(35)44-41/h2-24,26-27H,25H2,1H3/b11-2-,28-23+. The third-order valence-corrected chi connectivity index (χ3v) is 9.67. The van der Waals surface area contributed by atoms with Crippen molar-refractivity contribution in [3.63, 3.8) is 0 Å². The van der Waals surface area contributed by atoms with Crippen LogP contribution in [0.1, 0.15) is 12.5 Å². The van der Waals surface area contributed by atoms with E-state index in [9.17, 15) is 0 Å². The normalized spacial score (nSPS) is 12.3. The molecule has 0 bridgehead atoms. The molecule has 3 aromatic heterocycles. The quantitative estimate of drug-likeness (QED) is 0.178. The second-order valence-corrected chi connectivity index (χ2v) is 12.2. The van der Waals surface area contributed by atoms with Crippen LogP contribution in [0.3, 0.4) is 0 Å². The molecule has 0 radical (unpaired) electrons. The average Bonchev–Trinajstić information content (AvgIpc) is 3.63. The first kappa shape index (κ1) is 26.4. The number of para-hydroxylation sites is 2. The summed E-state index contributed by atoms with van der Waals surface area (Å²) in [7, 11) is 0. The van der Waals surface area contributed by atoms with Crippen molar-refractivity contribution < 1.29 is 0 Å². The lowest BCUT2D eigenvalue weighted by atomic mass is 9.96. The van der Waals surface area contributed by atoms with Gasteiger partial charge in [-0.25, -0.2) is 0 Å². The molecule has 0 unspecified atom stereocenters. The first-order valence-corrected chi connectivity index (χ1v) is 15.9. The predicted octanol–water partition coefficient (Wildman–Crippen LogP) is 11.6. The van der Waals surface area contributed by atoms with E-state index in [0.717, 1.165) is 17.8 Å². The number of rotatable bonds is 6. The van der Waals surface area contributed by atoms with Crippen LogP contribution >= 0.6 is 11.3 Å².